The summed E-state index contributed by atoms with van der Waals surface area (Å²) in [5.41, 5.74) is 5.50. The summed E-state index contributed by atoms with van der Waals surface area (Å²) in [7, 11) is 1.17. The molecule has 96 valence electrons. The van der Waals surface area contributed by atoms with Crippen molar-refractivity contribution in [2.75, 3.05) is 7.11 Å². The number of carbonyl (C=O) groups is 1. The maximum absolute atomic E-state index is 12.8. The molecule has 17 heavy (non-hydrogen) atoms. The Morgan fingerprint density at radius 2 is 1.82 bits per heavy atom. The Morgan fingerprint density at radius 1 is 1.35 bits per heavy atom. The molecular weight excluding hydrogens is 259 g/mol. The molecule has 0 aliphatic rings. The van der Waals surface area contributed by atoms with Gasteiger partial charge >= 0.3 is 5.97 Å². The van der Waals surface area contributed by atoms with E-state index in [0.717, 1.165) is 12.1 Å². The quantitative estimate of drug-likeness (QED) is 0.675. The molecule has 7 heteroatoms. The standard InChI is InChI=1S/C10H10F3NO2.ClH/c1-16-9(15)4-8(14)5-2-6(11)10(13)7(12)3-5;/h2-3,8H,4,14H2,1H3;1H/t8-;/m0./s1. The SMILES string of the molecule is COC(=O)C[C@H](N)c1cc(F)c(F)c(F)c1.Cl. The molecule has 0 aliphatic carbocycles. The predicted octanol–water partition coefficient (Wildman–Crippen LogP) is 2.09. The zero-order chi connectivity index (χ0) is 12.3. The number of esters is 1. The number of methoxy groups -OCH3 is 1. The molecule has 0 fully saturated rings. The Kier molecular flexibility index (Phi) is 5.98. The summed E-state index contributed by atoms with van der Waals surface area (Å²) in [6.45, 7) is 0. The normalized spacial score (nSPS) is 11.6. The van der Waals surface area contributed by atoms with E-state index in [1.165, 1.54) is 7.11 Å². The van der Waals surface area contributed by atoms with Crippen LogP contribution in [-0.2, 0) is 9.53 Å². The Labute approximate surface area is 102 Å². The molecule has 0 aromatic heterocycles. The first-order valence-electron chi connectivity index (χ1n) is 4.42. The van der Waals surface area contributed by atoms with Crippen molar-refractivity contribution in [1.29, 1.82) is 0 Å². The summed E-state index contributed by atoms with van der Waals surface area (Å²) in [5.74, 6) is -4.85. The number of rotatable bonds is 3. The summed E-state index contributed by atoms with van der Waals surface area (Å²) in [6.07, 6.45) is -0.235. The molecule has 0 unspecified atom stereocenters. The third-order valence-electron chi connectivity index (χ3n) is 2.05. The average molecular weight is 270 g/mol. The summed E-state index contributed by atoms with van der Waals surface area (Å²) >= 11 is 0. The van der Waals surface area contributed by atoms with Gasteiger partial charge in [-0.3, -0.25) is 4.79 Å². The van der Waals surface area contributed by atoms with Gasteiger partial charge < -0.3 is 10.5 Å². The first-order valence-corrected chi connectivity index (χ1v) is 4.42. The van der Waals surface area contributed by atoms with E-state index in [-0.39, 0.29) is 24.4 Å². The monoisotopic (exact) mass is 269 g/mol. The summed E-state index contributed by atoms with van der Waals surface area (Å²) in [4.78, 5) is 10.9. The van der Waals surface area contributed by atoms with Crippen LogP contribution in [0.4, 0.5) is 13.2 Å². The lowest BCUT2D eigenvalue weighted by Crippen LogP contribution is -2.17. The van der Waals surface area contributed by atoms with Crippen LogP contribution in [-0.4, -0.2) is 13.1 Å². The van der Waals surface area contributed by atoms with Crippen LogP contribution in [0.15, 0.2) is 12.1 Å². The summed E-state index contributed by atoms with van der Waals surface area (Å²) in [6, 6.07) is 0.579. The van der Waals surface area contributed by atoms with Crippen molar-refractivity contribution in [3.63, 3.8) is 0 Å². The molecule has 0 aliphatic heterocycles. The molecule has 0 amide bonds. The Morgan fingerprint density at radius 3 is 2.24 bits per heavy atom. The molecule has 0 heterocycles. The molecule has 0 bridgehead atoms. The van der Waals surface area contributed by atoms with Crippen LogP contribution >= 0.6 is 12.4 Å². The highest BCUT2D eigenvalue weighted by Gasteiger charge is 2.17. The van der Waals surface area contributed by atoms with E-state index in [1.807, 2.05) is 0 Å². The van der Waals surface area contributed by atoms with Crippen molar-refractivity contribution < 1.29 is 22.7 Å². The second-order valence-corrected chi connectivity index (χ2v) is 3.19. The van der Waals surface area contributed by atoms with Crippen molar-refractivity contribution in [1.82, 2.24) is 0 Å². The highest BCUT2D eigenvalue weighted by atomic mass is 35.5. The molecule has 0 saturated carbocycles. The number of nitrogens with two attached hydrogens (primary N) is 1. The van der Waals surface area contributed by atoms with Crippen molar-refractivity contribution in [2.45, 2.75) is 12.5 Å². The van der Waals surface area contributed by atoms with Crippen LogP contribution in [0.5, 0.6) is 0 Å². The van der Waals surface area contributed by atoms with Crippen LogP contribution < -0.4 is 5.73 Å². The lowest BCUT2D eigenvalue weighted by Gasteiger charge is -2.11. The van der Waals surface area contributed by atoms with Gasteiger partial charge in [-0.05, 0) is 17.7 Å². The first kappa shape index (κ1) is 15.7. The van der Waals surface area contributed by atoms with E-state index < -0.39 is 29.5 Å². The zero-order valence-corrected chi connectivity index (χ0v) is 9.69. The lowest BCUT2D eigenvalue weighted by atomic mass is 10.0. The van der Waals surface area contributed by atoms with Crippen LogP contribution in [0.3, 0.4) is 0 Å². The van der Waals surface area contributed by atoms with Crippen LogP contribution in [0, 0.1) is 17.5 Å². The molecule has 0 radical (unpaired) electrons. The molecular formula is C10H11ClF3NO2. The molecule has 1 aromatic carbocycles. The number of hydrogen-bond donors (Lipinski definition) is 1. The van der Waals surface area contributed by atoms with Crippen molar-refractivity contribution >= 4 is 18.4 Å². The van der Waals surface area contributed by atoms with E-state index in [9.17, 15) is 18.0 Å². The molecule has 2 N–H and O–H groups in total. The molecule has 1 rings (SSSR count). The number of carbonyl (C=O) groups excluding carboxylic acids is 1. The Hall–Kier alpha value is -1.27. The van der Waals surface area contributed by atoms with Gasteiger partial charge in [-0.1, -0.05) is 0 Å². The van der Waals surface area contributed by atoms with Crippen LogP contribution in [0.25, 0.3) is 0 Å². The highest BCUT2D eigenvalue weighted by Crippen LogP contribution is 2.20. The number of benzene rings is 1. The van der Waals surface area contributed by atoms with E-state index in [1.54, 1.807) is 0 Å². The molecule has 1 aromatic rings. The van der Waals surface area contributed by atoms with Gasteiger partial charge in [0.1, 0.15) is 0 Å². The van der Waals surface area contributed by atoms with Crippen LogP contribution in [0.2, 0.25) is 0 Å². The van der Waals surface area contributed by atoms with Gasteiger partial charge in [0.15, 0.2) is 17.5 Å². The first-order chi connectivity index (χ1) is 7.45. The van der Waals surface area contributed by atoms with Gasteiger partial charge in [0.25, 0.3) is 0 Å². The Balaban J connectivity index is 0.00000256. The van der Waals surface area contributed by atoms with E-state index in [0.29, 0.717) is 0 Å². The van der Waals surface area contributed by atoms with Gasteiger partial charge in [-0.15, -0.1) is 12.4 Å². The number of halogens is 4. The fourth-order valence-electron chi connectivity index (χ4n) is 1.17. The van der Waals surface area contributed by atoms with Crippen molar-refractivity contribution in [3.8, 4) is 0 Å². The minimum atomic E-state index is -1.56. The summed E-state index contributed by atoms with van der Waals surface area (Å²) in [5, 5.41) is 0. The largest absolute Gasteiger partial charge is 0.469 e. The minimum Gasteiger partial charge on any atom is -0.469 e. The maximum Gasteiger partial charge on any atom is 0.307 e. The average Bonchev–Trinajstić information content (AvgIpc) is 2.24. The smallest absolute Gasteiger partial charge is 0.307 e. The van der Waals surface area contributed by atoms with Gasteiger partial charge in [0, 0.05) is 6.04 Å². The van der Waals surface area contributed by atoms with Gasteiger partial charge in [0.2, 0.25) is 0 Å². The van der Waals surface area contributed by atoms with Gasteiger partial charge in [0.05, 0.1) is 13.5 Å². The molecule has 0 spiro atoms. The van der Waals surface area contributed by atoms with Crippen LogP contribution in [0.1, 0.15) is 18.0 Å². The zero-order valence-electron chi connectivity index (χ0n) is 8.88. The van der Waals surface area contributed by atoms with Crippen molar-refractivity contribution in [2.24, 2.45) is 5.73 Å². The fraction of sp³-hybridized carbons (Fsp3) is 0.300. The van der Waals surface area contributed by atoms with Gasteiger partial charge in [-0.25, -0.2) is 13.2 Å². The minimum absolute atomic E-state index is 0. The summed E-state index contributed by atoms with van der Waals surface area (Å²) < 4.78 is 42.6. The fourth-order valence-corrected chi connectivity index (χ4v) is 1.17. The topological polar surface area (TPSA) is 52.3 Å². The second-order valence-electron chi connectivity index (χ2n) is 3.19. The van der Waals surface area contributed by atoms with Gasteiger partial charge in [-0.2, -0.15) is 0 Å². The Bertz CT molecular complexity index is 392. The van der Waals surface area contributed by atoms with E-state index in [4.69, 9.17) is 5.73 Å². The highest BCUT2D eigenvalue weighted by molar-refractivity contribution is 5.85. The van der Waals surface area contributed by atoms with E-state index >= 15 is 0 Å². The second kappa shape index (κ2) is 6.46. The van der Waals surface area contributed by atoms with E-state index in [2.05, 4.69) is 4.74 Å². The number of hydrogen-bond acceptors (Lipinski definition) is 3. The van der Waals surface area contributed by atoms with Crippen molar-refractivity contribution in [3.05, 3.63) is 35.1 Å². The molecule has 0 saturated heterocycles. The maximum atomic E-state index is 12.8. The predicted molar refractivity (Wildman–Crippen MR) is 57.1 cm³/mol. The number of ether oxygens (including phenoxy) is 1. The lowest BCUT2D eigenvalue weighted by molar-refractivity contribution is -0.141. The third-order valence-corrected chi connectivity index (χ3v) is 2.05. The third kappa shape index (κ3) is 3.90. The molecule has 3 nitrogen and oxygen atoms in total. The molecule has 1 atom stereocenters.